The standard InChI is InChI=1S/C57H74N6O18/c1-27(2)17-35(63-54(76)36(18-31-13-10-9-11-14-31)62-41(68)24-58-52(74)28(3)20-56(6,7)55(77)60-23-29(4)65)53(75)59-25-40(67)61-34-19-42(80-30(5)47(34)69)81-38-22-57(78,39(66)26-64)21-33-44(38)51(73)46-45(49(33)71)48(70)32-15-12-16-37(79-8)43(32)50(46)72/h9-16,27-30,34-36,38,42,47,64-65,69,71,73,78H,17-26H2,1-8H3,(H,58,74)(H,59,75)(H,60,77)(H,61,67)(H,62,68)(H,63,76). The van der Waals surface area contributed by atoms with E-state index >= 15 is 0 Å². The molecule has 0 aromatic heterocycles. The van der Waals surface area contributed by atoms with Gasteiger partial charge >= 0.3 is 0 Å². The average Bonchev–Trinajstić information content (AvgIpc) is 3.32. The minimum Gasteiger partial charge on any atom is -0.507 e. The Bertz CT molecular complexity index is 2890. The van der Waals surface area contributed by atoms with Gasteiger partial charge in [0.25, 0.3) is 0 Å². The molecule has 1 heterocycles. The van der Waals surface area contributed by atoms with Crippen molar-refractivity contribution in [1.82, 2.24) is 31.9 Å². The lowest BCUT2D eigenvalue weighted by Gasteiger charge is -2.43. The smallest absolute Gasteiger partial charge is 0.243 e. The molecule has 81 heavy (non-hydrogen) atoms. The Balaban J connectivity index is 1.12. The van der Waals surface area contributed by atoms with Crippen LogP contribution in [0.15, 0.2) is 48.5 Å². The van der Waals surface area contributed by atoms with E-state index in [9.17, 15) is 73.8 Å². The number of ether oxygens (including phenoxy) is 3. The molecule has 10 atom stereocenters. The Morgan fingerprint density at radius 1 is 0.815 bits per heavy atom. The first kappa shape index (κ1) is 62.8. The minimum atomic E-state index is -2.44. The van der Waals surface area contributed by atoms with Gasteiger partial charge in [0, 0.05) is 60.3 Å². The highest BCUT2D eigenvalue weighted by Gasteiger charge is 2.50. The number of aliphatic hydroxyl groups excluding tert-OH is 3. The number of amides is 6. The number of Topliss-reactive ketones (excluding diaryl/α,β-unsaturated/α-hetero) is 1. The topological polar surface area (TPSA) is 375 Å². The van der Waals surface area contributed by atoms with E-state index in [-0.39, 0.29) is 72.1 Å². The van der Waals surface area contributed by atoms with Crippen LogP contribution in [0.4, 0.5) is 0 Å². The third-order valence-electron chi connectivity index (χ3n) is 14.7. The van der Waals surface area contributed by atoms with Crippen LogP contribution in [0, 0.1) is 17.3 Å². The van der Waals surface area contributed by atoms with Crippen LogP contribution in [0.1, 0.15) is 129 Å². The van der Waals surface area contributed by atoms with Gasteiger partial charge in [0.1, 0.15) is 47.6 Å². The first-order chi connectivity index (χ1) is 38.1. The molecule has 440 valence electrons. The molecule has 12 N–H and O–H groups in total. The Labute approximate surface area is 468 Å². The van der Waals surface area contributed by atoms with E-state index in [1.165, 1.54) is 39.2 Å². The van der Waals surface area contributed by atoms with Crippen molar-refractivity contribution in [2.75, 3.05) is 33.4 Å². The lowest BCUT2D eigenvalue weighted by molar-refractivity contribution is -0.249. The fraction of sp³-hybridized carbons (Fsp3) is 0.526. The molecule has 10 unspecified atom stereocenters. The summed E-state index contributed by atoms with van der Waals surface area (Å²) in [5.41, 5.74) is -4.86. The largest absolute Gasteiger partial charge is 0.507 e. The second-order valence-electron chi connectivity index (χ2n) is 22.2. The quantitative estimate of drug-likeness (QED) is 0.0417. The van der Waals surface area contributed by atoms with Gasteiger partial charge < -0.3 is 76.8 Å². The summed E-state index contributed by atoms with van der Waals surface area (Å²) in [4.78, 5) is 122. The zero-order valence-corrected chi connectivity index (χ0v) is 46.5. The third-order valence-corrected chi connectivity index (χ3v) is 14.7. The second-order valence-corrected chi connectivity index (χ2v) is 22.2. The van der Waals surface area contributed by atoms with Gasteiger partial charge in [0.2, 0.25) is 41.2 Å². The van der Waals surface area contributed by atoms with E-state index in [0.29, 0.717) is 5.56 Å². The molecule has 3 aromatic rings. The maximum atomic E-state index is 14.1. The number of nitrogens with one attached hydrogen (secondary N) is 6. The van der Waals surface area contributed by atoms with Gasteiger partial charge in [-0.3, -0.25) is 43.2 Å². The van der Waals surface area contributed by atoms with Crippen molar-refractivity contribution >= 4 is 52.8 Å². The van der Waals surface area contributed by atoms with Gasteiger partial charge in [-0.05, 0) is 44.2 Å². The monoisotopic (exact) mass is 1130 g/mol. The molecule has 0 radical (unpaired) electrons. The highest BCUT2D eigenvalue weighted by molar-refractivity contribution is 6.31. The summed E-state index contributed by atoms with van der Waals surface area (Å²) in [5, 5.41) is 81.7. The number of fused-ring (bicyclic) bond motifs is 3. The molecule has 3 aromatic carbocycles. The molecule has 0 spiro atoms. The van der Waals surface area contributed by atoms with E-state index in [2.05, 4.69) is 31.9 Å². The number of carbonyl (C=O) groups is 9. The Kier molecular flexibility index (Phi) is 20.6. The van der Waals surface area contributed by atoms with E-state index < -0.39 is 168 Å². The van der Waals surface area contributed by atoms with E-state index in [1.54, 1.807) is 65.0 Å². The molecule has 1 aliphatic heterocycles. The number of carbonyl (C=O) groups excluding carboxylic acids is 9. The van der Waals surface area contributed by atoms with Crippen LogP contribution in [0.25, 0.3) is 0 Å². The first-order valence-electron chi connectivity index (χ1n) is 26.8. The zero-order valence-electron chi connectivity index (χ0n) is 46.5. The van der Waals surface area contributed by atoms with Gasteiger partial charge in [0.15, 0.2) is 17.9 Å². The number of aromatic hydroxyl groups is 2. The molecule has 6 rings (SSSR count). The SMILES string of the molecule is COc1cccc2c1C(=O)c1c(O)c3c(c(O)c1C2=O)CC(O)(C(=O)CO)CC3OC1CC(NC(=O)CNC(=O)C(CC(C)C)NC(=O)C(Cc2ccccc2)NC(=O)CNC(=O)C(C)CC(C)(C)C(=O)NCC(C)O)C(O)C(C)O1. The highest BCUT2D eigenvalue weighted by atomic mass is 16.7. The predicted molar refractivity (Wildman–Crippen MR) is 287 cm³/mol. The lowest BCUT2D eigenvalue weighted by Crippen LogP contribution is -2.58. The molecule has 1 saturated heterocycles. The summed E-state index contributed by atoms with van der Waals surface area (Å²) in [6.07, 6.45) is -7.72. The van der Waals surface area contributed by atoms with Crippen molar-refractivity contribution in [3.8, 4) is 17.2 Å². The summed E-state index contributed by atoms with van der Waals surface area (Å²) in [6, 6.07) is 9.30. The average molecular weight is 1130 g/mol. The minimum absolute atomic E-state index is 0.0117. The highest BCUT2D eigenvalue weighted by Crippen LogP contribution is 2.52. The molecule has 0 bridgehead atoms. The number of rotatable bonds is 24. The normalized spacial score (nSPS) is 21.9. The molecule has 3 aliphatic rings. The van der Waals surface area contributed by atoms with Crippen molar-refractivity contribution in [3.05, 3.63) is 87.5 Å². The number of benzene rings is 3. The van der Waals surface area contributed by atoms with Crippen LogP contribution < -0.4 is 36.6 Å². The molecular weight excluding hydrogens is 1060 g/mol. The molecule has 24 heteroatoms. The van der Waals surface area contributed by atoms with Crippen molar-refractivity contribution in [2.45, 2.75) is 141 Å². The van der Waals surface area contributed by atoms with E-state index in [4.69, 9.17) is 14.2 Å². The van der Waals surface area contributed by atoms with Crippen molar-refractivity contribution < 1.29 is 88.0 Å². The molecule has 1 fully saturated rings. The summed E-state index contributed by atoms with van der Waals surface area (Å²) in [6.45, 7) is 9.19. The summed E-state index contributed by atoms with van der Waals surface area (Å²) in [7, 11) is 1.28. The summed E-state index contributed by atoms with van der Waals surface area (Å²) < 4.78 is 17.6. The maximum Gasteiger partial charge on any atom is 0.243 e. The van der Waals surface area contributed by atoms with Crippen LogP contribution in [0.5, 0.6) is 17.2 Å². The first-order valence-corrected chi connectivity index (χ1v) is 26.8. The molecule has 24 nitrogen and oxygen atoms in total. The molecule has 6 amide bonds. The van der Waals surface area contributed by atoms with Crippen LogP contribution in [-0.4, -0.2) is 165 Å². The number of phenolic OH excluding ortho intramolecular Hbond substituents is 2. The fourth-order valence-corrected chi connectivity index (χ4v) is 10.5. The fourth-order valence-electron chi connectivity index (χ4n) is 10.5. The van der Waals surface area contributed by atoms with Crippen molar-refractivity contribution in [2.24, 2.45) is 17.3 Å². The van der Waals surface area contributed by atoms with Gasteiger partial charge in [-0.15, -0.1) is 0 Å². The third kappa shape index (κ3) is 14.8. The summed E-state index contributed by atoms with van der Waals surface area (Å²) in [5.74, 6) is -9.25. The number of phenols is 2. The number of hydrogen-bond donors (Lipinski definition) is 12. The number of methoxy groups -OCH3 is 1. The number of hydrogen-bond acceptors (Lipinski definition) is 18. The lowest BCUT2D eigenvalue weighted by atomic mass is 9.72. The predicted octanol–water partition coefficient (Wildman–Crippen LogP) is 0.199. The van der Waals surface area contributed by atoms with Gasteiger partial charge in [-0.1, -0.05) is 77.1 Å². The molecule has 0 saturated carbocycles. The van der Waals surface area contributed by atoms with Crippen LogP contribution in [0.3, 0.4) is 0 Å². The van der Waals surface area contributed by atoms with Crippen LogP contribution in [0.2, 0.25) is 0 Å². The number of aliphatic hydroxyl groups is 4. The van der Waals surface area contributed by atoms with Gasteiger partial charge in [0.05, 0.1) is 61.2 Å². The van der Waals surface area contributed by atoms with Gasteiger partial charge in [-0.2, -0.15) is 0 Å². The van der Waals surface area contributed by atoms with Crippen molar-refractivity contribution in [3.63, 3.8) is 0 Å². The maximum absolute atomic E-state index is 14.1. The van der Waals surface area contributed by atoms with E-state index in [1.807, 2.05) is 0 Å². The Morgan fingerprint density at radius 2 is 1.47 bits per heavy atom. The van der Waals surface area contributed by atoms with Crippen LogP contribution in [-0.2, 0) is 55.9 Å². The molecule has 2 aliphatic carbocycles. The zero-order chi connectivity index (χ0) is 59.8. The van der Waals surface area contributed by atoms with Crippen molar-refractivity contribution in [1.29, 1.82) is 0 Å². The number of ketones is 3. The van der Waals surface area contributed by atoms with Gasteiger partial charge in [-0.25, -0.2) is 0 Å². The Morgan fingerprint density at radius 3 is 2.11 bits per heavy atom. The van der Waals surface area contributed by atoms with Crippen LogP contribution >= 0.6 is 0 Å². The summed E-state index contributed by atoms with van der Waals surface area (Å²) >= 11 is 0. The Hall–Kier alpha value is -7.35. The van der Waals surface area contributed by atoms with E-state index in [0.717, 1.165) is 0 Å². The molecular formula is C57H74N6O18. The second kappa shape index (κ2) is 26.5.